The van der Waals surface area contributed by atoms with Crippen molar-refractivity contribution in [1.29, 1.82) is 0 Å². The van der Waals surface area contributed by atoms with Crippen molar-refractivity contribution in [3.05, 3.63) is 71.2 Å². The van der Waals surface area contributed by atoms with E-state index in [-0.39, 0.29) is 30.3 Å². The first-order chi connectivity index (χ1) is 18.6. The predicted molar refractivity (Wildman–Crippen MR) is 137 cm³/mol. The van der Waals surface area contributed by atoms with Crippen molar-refractivity contribution < 1.29 is 32.6 Å². The fourth-order valence-electron chi connectivity index (χ4n) is 4.46. The average Bonchev–Trinajstić information content (AvgIpc) is 2.91. The summed E-state index contributed by atoms with van der Waals surface area (Å²) in [6.07, 6.45) is -4.28. The van der Waals surface area contributed by atoms with Crippen LogP contribution < -0.4 is 10.2 Å². The molecule has 0 spiro atoms. The predicted octanol–water partition coefficient (Wildman–Crippen LogP) is 3.38. The molecule has 2 fully saturated rings. The van der Waals surface area contributed by atoms with E-state index >= 15 is 0 Å². The number of hydrogen-bond acceptors (Lipinski definition) is 7. The molecule has 2 amide bonds. The normalized spacial score (nSPS) is 16.1. The third-order valence-corrected chi connectivity index (χ3v) is 6.63. The van der Waals surface area contributed by atoms with Crippen LogP contribution in [-0.4, -0.2) is 77.3 Å². The van der Waals surface area contributed by atoms with Crippen molar-refractivity contribution in [1.82, 2.24) is 14.9 Å². The molecule has 0 aliphatic carbocycles. The molecule has 39 heavy (non-hydrogen) atoms. The Labute approximate surface area is 222 Å². The summed E-state index contributed by atoms with van der Waals surface area (Å²) in [5, 5.41) is 12.3. The summed E-state index contributed by atoms with van der Waals surface area (Å²) in [4.78, 5) is 37.3. The Morgan fingerprint density at radius 3 is 2.51 bits per heavy atom. The molecule has 0 radical (unpaired) electrons. The number of carbonyl (C=O) groups is 2. The van der Waals surface area contributed by atoms with Gasteiger partial charge >= 0.3 is 6.18 Å². The lowest BCUT2D eigenvalue weighted by Crippen LogP contribution is -2.53. The van der Waals surface area contributed by atoms with Gasteiger partial charge in [-0.3, -0.25) is 14.6 Å². The van der Waals surface area contributed by atoms with Gasteiger partial charge in [-0.05, 0) is 60.0 Å². The first kappa shape index (κ1) is 26.6. The van der Waals surface area contributed by atoms with Gasteiger partial charge in [0.1, 0.15) is 17.2 Å². The number of amides is 2. The van der Waals surface area contributed by atoms with Crippen LogP contribution in [0.15, 0.2) is 48.7 Å². The maximum absolute atomic E-state index is 13.1. The van der Waals surface area contributed by atoms with E-state index in [0.29, 0.717) is 55.0 Å². The molecule has 0 saturated carbocycles. The minimum absolute atomic E-state index is 0.178. The number of nitrogens with one attached hydrogen (secondary N) is 1. The second-order valence-corrected chi connectivity index (χ2v) is 9.47. The quantitative estimate of drug-likeness (QED) is 0.510. The number of aryl methyl sites for hydroxylation is 1. The summed E-state index contributed by atoms with van der Waals surface area (Å²) in [7, 11) is 0. The van der Waals surface area contributed by atoms with E-state index in [1.165, 1.54) is 11.0 Å². The summed E-state index contributed by atoms with van der Waals surface area (Å²) < 4.78 is 44.6. The summed E-state index contributed by atoms with van der Waals surface area (Å²) in [6.45, 7) is 4.62. The van der Waals surface area contributed by atoms with E-state index in [0.717, 1.165) is 11.8 Å². The fraction of sp³-hybridized carbons (Fsp3) is 0.333. The van der Waals surface area contributed by atoms with E-state index < -0.39 is 23.9 Å². The summed E-state index contributed by atoms with van der Waals surface area (Å²) in [6, 6.07) is 10.6. The lowest BCUT2D eigenvalue weighted by atomic mass is 9.99. The number of pyridine rings is 2. The number of likely N-dealkylation sites (tertiary alicyclic amines) is 1. The van der Waals surface area contributed by atoms with Crippen molar-refractivity contribution >= 4 is 23.3 Å². The van der Waals surface area contributed by atoms with Crippen LogP contribution in [0.4, 0.5) is 24.7 Å². The number of aromatic nitrogens is 2. The van der Waals surface area contributed by atoms with E-state index in [9.17, 15) is 27.9 Å². The standard InChI is InChI=1S/C27H26F3N5O4/c1-16-2-3-19(32-25(37)17-4-5-31-23(11-17)27(28,29)30)13-21(16)18-10-22(26(38)35-14-20(36)15-35)33-24(12-18)34-6-8-39-9-7-34/h2-5,10-13,20,36H,6-9,14-15H2,1H3,(H,32,37). The summed E-state index contributed by atoms with van der Waals surface area (Å²) >= 11 is 0. The number of halogens is 3. The Bertz CT molecular complexity index is 1400. The number of β-amino-alcohol motifs (C(OH)–C–C–N with tert-alkyl or cyclic N) is 1. The maximum Gasteiger partial charge on any atom is 0.433 e. The molecule has 12 heteroatoms. The van der Waals surface area contributed by atoms with Gasteiger partial charge < -0.3 is 25.0 Å². The molecule has 4 heterocycles. The highest BCUT2D eigenvalue weighted by Crippen LogP contribution is 2.32. The van der Waals surface area contributed by atoms with Gasteiger partial charge in [0, 0.05) is 43.6 Å². The van der Waals surface area contributed by atoms with Crippen LogP contribution in [-0.2, 0) is 10.9 Å². The van der Waals surface area contributed by atoms with Crippen molar-refractivity contribution in [3.8, 4) is 11.1 Å². The third kappa shape index (κ3) is 5.86. The van der Waals surface area contributed by atoms with Gasteiger partial charge in [0.25, 0.3) is 11.8 Å². The molecule has 9 nitrogen and oxygen atoms in total. The van der Waals surface area contributed by atoms with E-state index in [2.05, 4.69) is 15.3 Å². The number of rotatable bonds is 5. The topological polar surface area (TPSA) is 108 Å². The number of hydrogen-bond donors (Lipinski definition) is 2. The molecule has 0 atom stereocenters. The highest BCUT2D eigenvalue weighted by atomic mass is 19.4. The van der Waals surface area contributed by atoms with Crippen molar-refractivity contribution in [2.45, 2.75) is 19.2 Å². The number of aliphatic hydroxyl groups is 1. The average molecular weight is 542 g/mol. The van der Waals surface area contributed by atoms with Gasteiger partial charge in [0.15, 0.2) is 0 Å². The van der Waals surface area contributed by atoms with Crippen LogP contribution in [0.1, 0.15) is 32.1 Å². The van der Waals surface area contributed by atoms with Crippen molar-refractivity contribution in [2.75, 3.05) is 49.6 Å². The Hall–Kier alpha value is -4.03. The second-order valence-electron chi connectivity index (χ2n) is 9.47. The van der Waals surface area contributed by atoms with Crippen LogP contribution in [0.25, 0.3) is 11.1 Å². The molecule has 0 bridgehead atoms. The van der Waals surface area contributed by atoms with Gasteiger partial charge in [0.05, 0.1) is 19.3 Å². The van der Waals surface area contributed by atoms with Gasteiger partial charge in [-0.15, -0.1) is 0 Å². The highest BCUT2D eigenvalue weighted by molar-refractivity contribution is 6.04. The minimum Gasteiger partial charge on any atom is -0.389 e. The Morgan fingerprint density at radius 1 is 1.08 bits per heavy atom. The van der Waals surface area contributed by atoms with E-state index in [1.54, 1.807) is 24.3 Å². The molecular formula is C27H26F3N5O4. The van der Waals surface area contributed by atoms with Gasteiger partial charge in [-0.25, -0.2) is 4.98 Å². The molecule has 204 valence electrons. The van der Waals surface area contributed by atoms with Crippen LogP contribution in [0, 0.1) is 6.92 Å². The molecule has 2 N–H and O–H groups in total. The monoisotopic (exact) mass is 541 g/mol. The molecule has 2 aromatic heterocycles. The molecular weight excluding hydrogens is 515 g/mol. The number of anilines is 2. The van der Waals surface area contributed by atoms with Crippen LogP contribution in [0.5, 0.6) is 0 Å². The first-order valence-electron chi connectivity index (χ1n) is 12.4. The van der Waals surface area contributed by atoms with Crippen molar-refractivity contribution in [3.63, 3.8) is 0 Å². The number of aliphatic hydroxyl groups excluding tert-OH is 1. The van der Waals surface area contributed by atoms with E-state index in [1.807, 2.05) is 17.9 Å². The van der Waals surface area contributed by atoms with Crippen molar-refractivity contribution in [2.24, 2.45) is 0 Å². The molecule has 2 aliphatic rings. The minimum atomic E-state index is -4.67. The Kier molecular flexibility index (Phi) is 7.23. The third-order valence-electron chi connectivity index (χ3n) is 6.63. The summed E-state index contributed by atoms with van der Waals surface area (Å²) in [5.74, 6) is -0.406. The number of ether oxygens (including phenoxy) is 1. The van der Waals surface area contributed by atoms with Gasteiger partial charge in [-0.2, -0.15) is 13.2 Å². The number of nitrogens with zero attached hydrogens (tertiary/aromatic N) is 4. The second kappa shape index (κ2) is 10.6. The number of alkyl halides is 3. The van der Waals surface area contributed by atoms with Gasteiger partial charge in [-0.1, -0.05) is 6.07 Å². The Morgan fingerprint density at radius 2 is 1.82 bits per heavy atom. The Balaban J connectivity index is 1.47. The lowest BCUT2D eigenvalue weighted by Gasteiger charge is -2.36. The van der Waals surface area contributed by atoms with E-state index in [4.69, 9.17) is 4.74 Å². The fourth-order valence-corrected chi connectivity index (χ4v) is 4.46. The molecule has 5 rings (SSSR count). The highest BCUT2D eigenvalue weighted by Gasteiger charge is 2.33. The smallest absolute Gasteiger partial charge is 0.389 e. The zero-order chi connectivity index (χ0) is 27.7. The molecule has 0 unspecified atom stereocenters. The zero-order valence-corrected chi connectivity index (χ0v) is 21.0. The SMILES string of the molecule is Cc1ccc(NC(=O)c2ccnc(C(F)(F)F)c2)cc1-c1cc(C(=O)N2CC(O)C2)nc(N2CCOCC2)c1. The first-order valence-corrected chi connectivity index (χ1v) is 12.4. The molecule has 3 aromatic rings. The zero-order valence-electron chi connectivity index (χ0n) is 21.0. The van der Waals surface area contributed by atoms with Crippen LogP contribution in [0.2, 0.25) is 0 Å². The van der Waals surface area contributed by atoms with Crippen LogP contribution >= 0.6 is 0 Å². The number of morpholine rings is 1. The lowest BCUT2D eigenvalue weighted by molar-refractivity contribution is -0.141. The maximum atomic E-state index is 13.1. The van der Waals surface area contributed by atoms with Crippen LogP contribution in [0.3, 0.4) is 0 Å². The van der Waals surface area contributed by atoms with Gasteiger partial charge in [0.2, 0.25) is 0 Å². The molecule has 2 aliphatic heterocycles. The number of benzene rings is 1. The largest absolute Gasteiger partial charge is 0.433 e. The molecule has 1 aromatic carbocycles. The summed E-state index contributed by atoms with van der Waals surface area (Å²) in [5.41, 5.74) is 1.52. The molecule has 2 saturated heterocycles. The number of carbonyl (C=O) groups excluding carboxylic acids is 2.